The number of amides is 1. The molecule has 4 N–H and O–H groups in total. The third-order valence-electron chi connectivity index (χ3n) is 6.70. The first-order valence-electron chi connectivity index (χ1n) is 16.0. The van der Waals surface area contributed by atoms with Crippen molar-refractivity contribution < 1.29 is 39.9 Å². The van der Waals surface area contributed by atoms with Gasteiger partial charge in [-0.15, -0.1) is 0 Å². The second-order valence-corrected chi connectivity index (χ2v) is 10.5. The van der Waals surface area contributed by atoms with Crippen LogP contribution < -0.4 is 15.5 Å². The Labute approximate surface area is 300 Å². The van der Waals surface area contributed by atoms with Crippen molar-refractivity contribution in [2.45, 2.75) is 104 Å². The van der Waals surface area contributed by atoms with E-state index in [0.717, 1.165) is 32.1 Å². The molecular formula is C32H58CaN4O8. The molecule has 13 heteroatoms. The summed E-state index contributed by atoms with van der Waals surface area (Å²) in [5, 5.41) is 52.0. The van der Waals surface area contributed by atoms with Gasteiger partial charge in [0.25, 0.3) is 0 Å². The van der Waals surface area contributed by atoms with Crippen LogP contribution in [0.4, 0.5) is 0 Å². The molecule has 256 valence electrons. The zero-order valence-corrected chi connectivity index (χ0v) is 30.3. The molecule has 0 saturated carbocycles. The number of carbonyl (C=O) groups is 3. The topological polar surface area (TPSA) is 189 Å². The molecule has 0 bridgehead atoms. The van der Waals surface area contributed by atoms with E-state index in [4.69, 9.17) is 15.3 Å². The largest absolute Gasteiger partial charge is 2.00 e. The maximum absolute atomic E-state index is 11.7. The fourth-order valence-electron chi connectivity index (χ4n) is 3.89. The molecule has 0 spiro atoms. The zero-order chi connectivity index (χ0) is 33.6. The molecular weight excluding hydrogens is 608 g/mol. The standard InChI is InChI=1S/2C16H30N2O4.Ca/c2*1-3-4-5-6-7-9-15(20)17-10-12-18(11-8-13-19)14(2)16(21)22;/h2*5-6,14,19H,3-4,7-13H2,1-2H3,(H,17,20)(H,21,22);/q;;+2/p-2/b2*6-5+;. The summed E-state index contributed by atoms with van der Waals surface area (Å²) in [6, 6.07) is -1.38. The average molecular weight is 667 g/mol. The molecule has 0 fully saturated rings. The molecule has 0 heterocycles. The quantitative estimate of drug-likeness (QED) is 0.0443. The van der Waals surface area contributed by atoms with E-state index in [2.05, 4.69) is 36.3 Å². The number of hydrogen-bond acceptors (Lipinski definition) is 10. The van der Waals surface area contributed by atoms with E-state index in [1.807, 2.05) is 12.2 Å². The predicted octanol–water partition coefficient (Wildman–Crippen LogP) is 0.720. The SMILES string of the molecule is CCC/C=C/CCC(=O)NCCN(CCCO)C(C)C(=O)O.CCC/C=C/CCC([O-])=NCCN(CCCO)C(C)C(=O)[O-].[Ca+2]. The summed E-state index contributed by atoms with van der Waals surface area (Å²) in [7, 11) is 0. The molecule has 0 aromatic heterocycles. The number of hydrogen-bond donors (Lipinski definition) is 4. The van der Waals surface area contributed by atoms with Gasteiger partial charge in [0.1, 0.15) is 6.04 Å². The Kier molecular flexibility index (Phi) is 36.0. The summed E-state index contributed by atoms with van der Waals surface area (Å²) in [4.78, 5) is 40.9. The molecule has 1 amide bonds. The minimum absolute atomic E-state index is 0. The van der Waals surface area contributed by atoms with E-state index in [9.17, 15) is 24.6 Å². The summed E-state index contributed by atoms with van der Waals surface area (Å²) in [5.74, 6) is -2.24. The minimum atomic E-state index is -1.16. The molecule has 2 atom stereocenters. The number of carboxylic acids is 2. The molecule has 45 heavy (non-hydrogen) atoms. The van der Waals surface area contributed by atoms with E-state index in [1.165, 1.54) is 6.92 Å². The van der Waals surface area contributed by atoms with Crippen LogP contribution in [-0.2, 0) is 14.4 Å². The maximum atomic E-state index is 11.7. The molecule has 0 aliphatic carbocycles. The van der Waals surface area contributed by atoms with Crippen LogP contribution in [0.1, 0.15) is 91.9 Å². The number of aliphatic imine (C=N–C) groups is 1. The number of aliphatic hydroxyl groups is 2. The van der Waals surface area contributed by atoms with Crippen LogP contribution in [0.15, 0.2) is 29.3 Å². The Bertz CT molecular complexity index is 842. The normalized spacial score (nSPS) is 13.0. The van der Waals surface area contributed by atoms with Gasteiger partial charge in [0, 0.05) is 58.4 Å². The minimum Gasteiger partial charge on any atom is -0.862 e. The van der Waals surface area contributed by atoms with Crippen LogP contribution in [0.3, 0.4) is 0 Å². The van der Waals surface area contributed by atoms with Gasteiger partial charge in [-0.25, -0.2) is 0 Å². The van der Waals surface area contributed by atoms with Crippen LogP contribution in [-0.4, -0.2) is 151 Å². The Morgan fingerprint density at radius 2 is 1.27 bits per heavy atom. The first kappa shape index (κ1) is 47.9. The van der Waals surface area contributed by atoms with Crippen LogP contribution in [0.2, 0.25) is 0 Å². The summed E-state index contributed by atoms with van der Waals surface area (Å²) in [6.07, 6.45) is 15.6. The number of rotatable bonds is 26. The second kappa shape index (κ2) is 33.8. The van der Waals surface area contributed by atoms with E-state index >= 15 is 0 Å². The van der Waals surface area contributed by atoms with Crippen molar-refractivity contribution in [1.29, 1.82) is 0 Å². The van der Waals surface area contributed by atoms with Gasteiger partial charge in [-0.2, -0.15) is 0 Å². The summed E-state index contributed by atoms with van der Waals surface area (Å²) < 4.78 is 0. The van der Waals surface area contributed by atoms with E-state index < -0.39 is 24.0 Å². The van der Waals surface area contributed by atoms with Crippen LogP contribution in [0.5, 0.6) is 0 Å². The Morgan fingerprint density at radius 1 is 0.778 bits per heavy atom. The summed E-state index contributed by atoms with van der Waals surface area (Å²) >= 11 is 0. The molecule has 0 aromatic carbocycles. The molecule has 0 radical (unpaired) electrons. The van der Waals surface area contributed by atoms with Crippen molar-refractivity contribution in [3.63, 3.8) is 0 Å². The van der Waals surface area contributed by atoms with Gasteiger partial charge in [-0.1, -0.05) is 51.0 Å². The molecule has 0 rings (SSSR count). The van der Waals surface area contributed by atoms with Crippen LogP contribution >= 0.6 is 0 Å². The third-order valence-corrected chi connectivity index (χ3v) is 6.70. The smallest absolute Gasteiger partial charge is 0.862 e. The fraction of sp³-hybridized carbons (Fsp3) is 0.750. The number of aliphatic hydroxyl groups excluding tert-OH is 2. The number of nitrogens with zero attached hydrogens (tertiary/aromatic N) is 3. The van der Waals surface area contributed by atoms with Crippen molar-refractivity contribution in [3.8, 4) is 0 Å². The van der Waals surface area contributed by atoms with Crippen molar-refractivity contribution >= 4 is 61.5 Å². The van der Waals surface area contributed by atoms with E-state index in [0.29, 0.717) is 64.8 Å². The predicted molar refractivity (Wildman–Crippen MR) is 176 cm³/mol. The van der Waals surface area contributed by atoms with Crippen molar-refractivity contribution in [3.05, 3.63) is 24.3 Å². The molecule has 0 saturated heterocycles. The molecule has 2 unspecified atom stereocenters. The maximum Gasteiger partial charge on any atom is 2.00 e. The van der Waals surface area contributed by atoms with Gasteiger partial charge in [-0.05, 0) is 64.7 Å². The Hall–Kier alpha value is -1.54. The third kappa shape index (κ3) is 29.6. The second-order valence-electron chi connectivity index (χ2n) is 10.5. The molecule has 0 aliphatic rings. The summed E-state index contributed by atoms with van der Waals surface area (Å²) in [6.45, 7) is 9.83. The van der Waals surface area contributed by atoms with Gasteiger partial charge in [0.05, 0.1) is 12.5 Å². The van der Waals surface area contributed by atoms with Crippen molar-refractivity contribution in [2.75, 3.05) is 52.5 Å². The van der Waals surface area contributed by atoms with Gasteiger partial charge >= 0.3 is 43.7 Å². The Balaban J connectivity index is -0.000000767. The van der Waals surface area contributed by atoms with E-state index in [-0.39, 0.29) is 69.3 Å². The number of allylic oxidation sites excluding steroid dienone is 4. The number of aliphatic carboxylic acids is 2. The van der Waals surface area contributed by atoms with Crippen LogP contribution in [0.25, 0.3) is 0 Å². The average Bonchev–Trinajstić information content (AvgIpc) is 2.99. The Morgan fingerprint density at radius 3 is 1.73 bits per heavy atom. The van der Waals surface area contributed by atoms with E-state index in [1.54, 1.807) is 16.7 Å². The van der Waals surface area contributed by atoms with Gasteiger partial charge in [-0.3, -0.25) is 19.4 Å². The monoisotopic (exact) mass is 666 g/mol. The zero-order valence-electron chi connectivity index (χ0n) is 28.1. The van der Waals surface area contributed by atoms with Gasteiger partial charge in [0.2, 0.25) is 5.91 Å². The fourth-order valence-corrected chi connectivity index (χ4v) is 3.89. The summed E-state index contributed by atoms with van der Waals surface area (Å²) in [5.41, 5.74) is 0. The number of nitrogens with one attached hydrogen (secondary N) is 1. The first-order valence-corrected chi connectivity index (χ1v) is 16.0. The molecule has 0 aromatic rings. The van der Waals surface area contributed by atoms with Crippen molar-refractivity contribution in [1.82, 2.24) is 15.1 Å². The number of carboxylic acid groups (broad SMARTS) is 2. The van der Waals surface area contributed by atoms with Gasteiger partial charge in [0.15, 0.2) is 0 Å². The van der Waals surface area contributed by atoms with Crippen LogP contribution in [0, 0.1) is 0 Å². The van der Waals surface area contributed by atoms with Crippen molar-refractivity contribution in [2.24, 2.45) is 4.99 Å². The molecule has 0 aliphatic heterocycles. The van der Waals surface area contributed by atoms with Gasteiger partial charge < -0.3 is 40.6 Å². The number of carbonyl (C=O) groups excluding carboxylic acids is 2. The number of unbranched alkanes of at least 4 members (excludes halogenated alkanes) is 2. The molecule has 12 nitrogen and oxygen atoms in total. The first-order chi connectivity index (χ1) is 21.0.